The van der Waals surface area contributed by atoms with Gasteiger partial charge in [0.05, 0.1) is 23.1 Å². The highest BCUT2D eigenvalue weighted by Crippen LogP contribution is 2.39. The first kappa shape index (κ1) is 14.6. The second-order valence-electron chi connectivity index (χ2n) is 6.43. The lowest BCUT2D eigenvalue weighted by molar-refractivity contribution is 0.297. The van der Waals surface area contributed by atoms with Gasteiger partial charge in [0.25, 0.3) is 0 Å². The molecule has 0 amide bonds. The second kappa shape index (κ2) is 5.48. The Morgan fingerprint density at radius 2 is 2.05 bits per heavy atom. The third-order valence-electron chi connectivity index (χ3n) is 4.71. The third kappa shape index (κ3) is 2.61. The highest BCUT2D eigenvalue weighted by molar-refractivity contribution is 9.10. The molecule has 0 bridgehead atoms. The molecule has 0 spiro atoms. The normalized spacial score (nSPS) is 26.3. The minimum absolute atomic E-state index is 0.494. The average molecular weight is 348 g/mol. The van der Waals surface area contributed by atoms with Crippen LogP contribution in [-0.4, -0.2) is 17.6 Å². The summed E-state index contributed by atoms with van der Waals surface area (Å²) in [7, 11) is 0. The van der Waals surface area contributed by atoms with Gasteiger partial charge in [-0.2, -0.15) is 0 Å². The van der Waals surface area contributed by atoms with Crippen molar-refractivity contribution in [1.29, 1.82) is 0 Å². The third-order valence-corrected chi connectivity index (χ3v) is 5.21. The van der Waals surface area contributed by atoms with Gasteiger partial charge in [0.2, 0.25) is 0 Å². The highest BCUT2D eigenvalue weighted by atomic mass is 79.9. The van der Waals surface area contributed by atoms with E-state index in [0.29, 0.717) is 17.9 Å². The van der Waals surface area contributed by atoms with Crippen LogP contribution in [0.5, 0.6) is 0 Å². The predicted octanol–water partition coefficient (Wildman–Crippen LogP) is 4.45. The van der Waals surface area contributed by atoms with Crippen molar-refractivity contribution in [3.05, 3.63) is 28.9 Å². The van der Waals surface area contributed by atoms with Crippen molar-refractivity contribution in [2.45, 2.75) is 33.2 Å². The first-order valence-corrected chi connectivity index (χ1v) is 8.37. The lowest BCUT2D eigenvalue weighted by atomic mass is 9.85. The molecule has 1 fully saturated rings. The molecular weight excluding hydrogens is 326 g/mol. The number of hydrogen-bond donors (Lipinski definition) is 1. The maximum Gasteiger partial charge on any atom is 0.0745 e. The number of benzene rings is 1. The molecule has 3 unspecified atom stereocenters. The van der Waals surface area contributed by atoms with E-state index in [9.17, 15) is 0 Å². The number of piperidine rings is 1. The molecule has 0 radical (unpaired) electrons. The number of hydrogen-bond acceptors (Lipinski definition) is 3. The van der Waals surface area contributed by atoms with Gasteiger partial charge in [0, 0.05) is 22.4 Å². The van der Waals surface area contributed by atoms with E-state index in [4.69, 9.17) is 5.73 Å². The summed E-state index contributed by atoms with van der Waals surface area (Å²) in [6.45, 7) is 8.02. The number of rotatable bonds is 1. The van der Waals surface area contributed by atoms with E-state index >= 15 is 0 Å². The Kier molecular flexibility index (Phi) is 3.82. The van der Waals surface area contributed by atoms with E-state index in [2.05, 4.69) is 52.7 Å². The maximum absolute atomic E-state index is 6.30. The second-order valence-corrected chi connectivity index (χ2v) is 7.35. The molecule has 1 saturated heterocycles. The summed E-state index contributed by atoms with van der Waals surface area (Å²) in [6.07, 6.45) is 3.08. The molecule has 3 nitrogen and oxygen atoms in total. The van der Waals surface area contributed by atoms with Crippen LogP contribution in [0.1, 0.15) is 27.2 Å². The molecule has 1 aromatic heterocycles. The Bertz CT molecular complexity index is 665. The minimum atomic E-state index is 0.494. The van der Waals surface area contributed by atoms with Crippen molar-refractivity contribution in [2.24, 2.45) is 11.8 Å². The van der Waals surface area contributed by atoms with Crippen LogP contribution in [0.4, 0.5) is 11.4 Å². The molecule has 1 aliphatic rings. The molecule has 0 saturated carbocycles. The topological polar surface area (TPSA) is 42.1 Å². The van der Waals surface area contributed by atoms with Gasteiger partial charge in [-0.1, -0.05) is 29.8 Å². The lowest BCUT2D eigenvalue weighted by Crippen LogP contribution is -2.46. The van der Waals surface area contributed by atoms with Crippen LogP contribution in [0.15, 0.2) is 28.9 Å². The predicted molar refractivity (Wildman–Crippen MR) is 93.6 cm³/mol. The first-order chi connectivity index (χ1) is 9.97. The van der Waals surface area contributed by atoms with Gasteiger partial charge in [-0.15, -0.1) is 0 Å². The summed E-state index contributed by atoms with van der Waals surface area (Å²) >= 11 is 3.57. The zero-order chi connectivity index (χ0) is 15.1. The van der Waals surface area contributed by atoms with E-state index in [1.165, 1.54) is 6.42 Å². The van der Waals surface area contributed by atoms with Crippen molar-refractivity contribution in [3.63, 3.8) is 0 Å². The van der Waals surface area contributed by atoms with E-state index in [1.54, 1.807) is 6.20 Å². The van der Waals surface area contributed by atoms with Crippen molar-refractivity contribution in [3.8, 4) is 0 Å². The number of nitrogens with two attached hydrogens (primary N) is 1. The number of nitrogen functional groups attached to an aromatic ring is 1. The summed E-state index contributed by atoms with van der Waals surface area (Å²) in [6, 6.07) is 6.70. The Labute approximate surface area is 134 Å². The molecule has 21 heavy (non-hydrogen) atoms. The SMILES string of the molecule is CC1CC(C)C(C)N(c2c(N)cnc3ccc(Br)cc23)C1. The zero-order valence-electron chi connectivity index (χ0n) is 12.8. The van der Waals surface area contributed by atoms with Gasteiger partial charge in [0.15, 0.2) is 0 Å². The first-order valence-electron chi connectivity index (χ1n) is 7.57. The molecule has 3 atom stereocenters. The summed E-state index contributed by atoms with van der Waals surface area (Å²) in [5.74, 6) is 1.36. The monoisotopic (exact) mass is 347 g/mol. The Morgan fingerprint density at radius 3 is 2.81 bits per heavy atom. The van der Waals surface area contributed by atoms with Gasteiger partial charge in [0.1, 0.15) is 0 Å². The van der Waals surface area contributed by atoms with Crippen molar-refractivity contribution < 1.29 is 0 Å². The number of anilines is 2. The quantitative estimate of drug-likeness (QED) is 0.828. The molecule has 1 aromatic carbocycles. The standard InChI is InChI=1S/C17H22BrN3/c1-10-6-11(2)12(3)21(9-10)17-14-7-13(18)4-5-16(14)20-8-15(17)19/h4-5,7-8,10-12H,6,9,19H2,1-3H3. The van der Waals surface area contributed by atoms with Gasteiger partial charge in [-0.05, 0) is 43.4 Å². The molecule has 0 aliphatic carbocycles. The van der Waals surface area contributed by atoms with Crippen molar-refractivity contribution in [1.82, 2.24) is 4.98 Å². The maximum atomic E-state index is 6.30. The molecular formula is C17H22BrN3. The van der Waals surface area contributed by atoms with Crippen molar-refractivity contribution >= 4 is 38.2 Å². The van der Waals surface area contributed by atoms with E-state index in [1.807, 2.05) is 12.1 Å². The number of aromatic nitrogens is 1. The number of halogens is 1. The summed E-state index contributed by atoms with van der Waals surface area (Å²) in [5.41, 5.74) is 9.22. The van der Waals surface area contributed by atoms with Gasteiger partial charge in [-0.25, -0.2) is 0 Å². The molecule has 112 valence electrons. The van der Waals surface area contributed by atoms with Crippen LogP contribution in [0.25, 0.3) is 10.9 Å². The summed E-state index contributed by atoms with van der Waals surface area (Å²) in [4.78, 5) is 6.94. The fourth-order valence-electron chi connectivity index (χ4n) is 3.50. The molecule has 4 heteroatoms. The van der Waals surface area contributed by atoms with Gasteiger partial charge in [-0.3, -0.25) is 4.98 Å². The zero-order valence-corrected chi connectivity index (χ0v) is 14.4. The largest absolute Gasteiger partial charge is 0.396 e. The van der Waals surface area contributed by atoms with Crippen LogP contribution in [0.2, 0.25) is 0 Å². The van der Waals surface area contributed by atoms with E-state index < -0.39 is 0 Å². The minimum Gasteiger partial charge on any atom is -0.396 e. The smallest absolute Gasteiger partial charge is 0.0745 e. The van der Waals surface area contributed by atoms with E-state index in [0.717, 1.165) is 33.3 Å². The summed E-state index contributed by atoms with van der Waals surface area (Å²) in [5, 5.41) is 1.14. The Balaban J connectivity index is 2.18. The van der Waals surface area contributed by atoms with Crippen LogP contribution in [-0.2, 0) is 0 Å². The van der Waals surface area contributed by atoms with Crippen LogP contribution in [0.3, 0.4) is 0 Å². The Morgan fingerprint density at radius 1 is 1.29 bits per heavy atom. The molecule has 2 aromatic rings. The van der Waals surface area contributed by atoms with Gasteiger partial charge < -0.3 is 10.6 Å². The fraction of sp³-hybridized carbons (Fsp3) is 0.471. The number of nitrogens with zero attached hydrogens (tertiary/aromatic N) is 2. The highest BCUT2D eigenvalue weighted by Gasteiger charge is 2.30. The molecule has 1 aliphatic heterocycles. The summed E-state index contributed by atoms with van der Waals surface area (Å²) < 4.78 is 1.06. The molecule has 3 rings (SSSR count). The Hall–Kier alpha value is -1.29. The molecule has 2 heterocycles. The van der Waals surface area contributed by atoms with Crippen LogP contribution < -0.4 is 10.6 Å². The number of fused-ring (bicyclic) bond motifs is 1. The van der Waals surface area contributed by atoms with Crippen molar-refractivity contribution in [2.75, 3.05) is 17.2 Å². The van der Waals surface area contributed by atoms with Crippen LogP contribution >= 0.6 is 15.9 Å². The fourth-order valence-corrected chi connectivity index (χ4v) is 3.86. The van der Waals surface area contributed by atoms with Gasteiger partial charge >= 0.3 is 0 Å². The lowest BCUT2D eigenvalue weighted by Gasteiger charge is -2.43. The van der Waals surface area contributed by atoms with E-state index in [-0.39, 0.29) is 0 Å². The average Bonchev–Trinajstić information content (AvgIpc) is 2.43. The molecule has 2 N–H and O–H groups in total. The van der Waals surface area contributed by atoms with Crippen LogP contribution in [0, 0.1) is 11.8 Å². The number of pyridine rings is 1.